The number of nitrogens with one attached hydrogen (secondary N) is 1. The molecule has 2 N–H and O–H groups in total. The van der Waals surface area contributed by atoms with Crippen molar-refractivity contribution >= 4 is 0 Å². The monoisotopic (exact) mass is 185 g/mol. The lowest BCUT2D eigenvalue weighted by Crippen LogP contribution is -2.27. The van der Waals surface area contributed by atoms with Gasteiger partial charge < -0.3 is 10.4 Å². The van der Waals surface area contributed by atoms with Crippen LogP contribution in [0.2, 0.25) is 0 Å². The van der Waals surface area contributed by atoms with Crippen LogP contribution in [0.15, 0.2) is 0 Å². The number of hydrogen-bond donors (Lipinski definition) is 2. The minimum Gasteiger partial charge on any atom is -0.396 e. The Morgan fingerprint density at radius 2 is 2.15 bits per heavy atom. The lowest BCUT2D eigenvalue weighted by molar-refractivity contribution is 0.276. The van der Waals surface area contributed by atoms with E-state index in [4.69, 9.17) is 5.11 Å². The van der Waals surface area contributed by atoms with Crippen molar-refractivity contribution in [3.05, 3.63) is 0 Å². The summed E-state index contributed by atoms with van der Waals surface area (Å²) in [6.07, 6.45) is 7.71. The summed E-state index contributed by atoms with van der Waals surface area (Å²) < 4.78 is 0. The molecule has 0 radical (unpaired) electrons. The van der Waals surface area contributed by atoms with Crippen molar-refractivity contribution in [3.8, 4) is 0 Å². The van der Waals surface area contributed by atoms with E-state index in [1.807, 2.05) is 0 Å². The second-order valence-corrected chi connectivity index (χ2v) is 4.31. The first-order valence-corrected chi connectivity index (χ1v) is 5.67. The van der Waals surface area contributed by atoms with Crippen LogP contribution in [0.1, 0.15) is 45.4 Å². The highest BCUT2D eigenvalue weighted by Gasteiger charge is 2.19. The van der Waals surface area contributed by atoms with E-state index in [-0.39, 0.29) is 0 Å². The number of hydrogen-bond acceptors (Lipinski definition) is 2. The fourth-order valence-corrected chi connectivity index (χ4v) is 1.65. The van der Waals surface area contributed by atoms with E-state index in [9.17, 15) is 0 Å². The van der Waals surface area contributed by atoms with Gasteiger partial charge in [0.25, 0.3) is 0 Å². The van der Waals surface area contributed by atoms with E-state index in [1.165, 1.54) is 25.7 Å². The number of aliphatic hydroxyl groups is 1. The summed E-state index contributed by atoms with van der Waals surface area (Å²) in [7, 11) is 0. The molecule has 2 nitrogen and oxygen atoms in total. The van der Waals surface area contributed by atoms with Crippen molar-refractivity contribution in [1.29, 1.82) is 0 Å². The van der Waals surface area contributed by atoms with Crippen LogP contribution in [0, 0.1) is 5.92 Å². The summed E-state index contributed by atoms with van der Waals surface area (Å²) in [5.41, 5.74) is 0. The maximum atomic E-state index is 8.64. The summed E-state index contributed by atoms with van der Waals surface area (Å²) in [5, 5.41) is 12.1. The quantitative estimate of drug-likeness (QED) is 0.566. The summed E-state index contributed by atoms with van der Waals surface area (Å²) >= 11 is 0. The highest BCUT2D eigenvalue weighted by molar-refractivity contribution is 4.73. The molecule has 0 heterocycles. The van der Waals surface area contributed by atoms with Crippen LogP contribution in [0.3, 0.4) is 0 Å². The Morgan fingerprint density at radius 1 is 1.38 bits per heavy atom. The normalized spacial score (nSPS) is 18.9. The Kier molecular flexibility index (Phi) is 5.40. The van der Waals surface area contributed by atoms with Gasteiger partial charge in [-0.3, -0.25) is 0 Å². The van der Waals surface area contributed by atoms with Gasteiger partial charge in [-0.2, -0.15) is 0 Å². The maximum Gasteiger partial charge on any atom is 0.0431 e. The molecule has 13 heavy (non-hydrogen) atoms. The molecule has 0 aromatic carbocycles. The molecule has 1 fully saturated rings. The minimum absolute atomic E-state index is 0.327. The molecule has 0 aliphatic heterocycles. The summed E-state index contributed by atoms with van der Waals surface area (Å²) in [4.78, 5) is 0. The molecule has 0 aromatic rings. The molecule has 78 valence electrons. The fraction of sp³-hybridized carbons (Fsp3) is 1.00. The lowest BCUT2D eigenvalue weighted by Gasteiger charge is -2.12. The molecular weight excluding hydrogens is 162 g/mol. The van der Waals surface area contributed by atoms with E-state index in [0.717, 1.165) is 25.3 Å². The Labute approximate surface area is 81.7 Å². The van der Waals surface area contributed by atoms with Gasteiger partial charge in [0.05, 0.1) is 0 Å². The van der Waals surface area contributed by atoms with Crippen LogP contribution in [0.4, 0.5) is 0 Å². The lowest BCUT2D eigenvalue weighted by atomic mass is 10.1. The molecule has 0 spiro atoms. The van der Waals surface area contributed by atoms with E-state index in [2.05, 4.69) is 12.2 Å². The third kappa shape index (κ3) is 6.05. The van der Waals surface area contributed by atoms with E-state index < -0.39 is 0 Å². The standard InChI is InChI=1S/C11H23NO/c1-10(4-3-9-13)12-8-2-5-11-6-7-11/h10-13H,2-9H2,1H3. The second kappa shape index (κ2) is 6.39. The van der Waals surface area contributed by atoms with Gasteiger partial charge in [-0.05, 0) is 45.1 Å². The minimum atomic E-state index is 0.327. The van der Waals surface area contributed by atoms with Crippen LogP contribution in [-0.4, -0.2) is 24.3 Å². The predicted molar refractivity (Wildman–Crippen MR) is 55.7 cm³/mol. The van der Waals surface area contributed by atoms with Gasteiger partial charge in [0, 0.05) is 12.6 Å². The zero-order chi connectivity index (χ0) is 9.52. The molecule has 1 unspecified atom stereocenters. The summed E-state index contributed by atoms with van der Waals surface area (Å²) in [6.45, 7) is 3.68. The Hall–Kier alpha value is -0.0800. The third-order valence-electron chi connectivity index (χ3n) is 2.77. The SMILES string of the molecule is CC(CCCO)NCCCC1CC1. The van der Waals surface area contributed by atoms with Crippen LogP contribution < -0.4 is 5.32 Å². The molecule has 1 saturated carbocycles. The second-order valence-electron chi connectivity index (χ2n) is 4.31. The number of aliphatic hydroxyl groups excluding tert-OH is 1. The van der Waals surface area contributed by atoms with Crippen molar-refractivity contribution < 1.29 is 5.11 Å². The van der Waals surface area contributed by atoms with Gasteiger partial charge in [0.1, 0.15) is 0 Å². The molecule has 0 aromatic heterocycles. The molecule has 0 saturated heterocycles. The van der Waals surface area contributed by atoms with Gasteiger partial charge >= 0.3 is 0 Å². The predicted octanol–water partition coefficient (Wildman–Crippen LogP) is 1.93. The topological polar surface area (TPSA) is 32.3 Å². The van der Waals surface area contributed by atoms with Crippen molar-refractivity contribution in [3.63, 3.8) is 0 Å². The molecule has 0 amide bonds. The molecule has 1 atom stereocenters. The molecule has 2 heteroatoms. The summed E-state index contributed by atoms with van der Waals surface area (Å²) in [6, 6.07) is 0.575. The largest absolute Gasteiger partial charge is 0.396 e. The number of rotatable bonds is 8. The van der Waals surface area contributed by atoms with Crippen LogP contribution in [-0.2, 0) is 0 Å². The van der Waals surface area contributed by atoms with Crippen molar-refractivity contribution in [2.45, 2.75) is 51.5 Å². The highest BCUT2D eigenvalue weighted by Crippen LogP contribution is 2.33. The molecule has 1 aliphatic rings. The smallest absolute Gasteiger partial charge is 0.0431 e. The van der Waals surface area contributed by atoms with Crippen molar-refractivity contribution in [2.24, 2.45) is 5.92 Å². The zero-order valence-electron chi connectivity index (χ0n) is 8.76. The molecule has 1 aliphatic carbocycles. The van der Waals surface area contributed by atoms with E-state index in [0.29, 0.717) is 12.6 Å². The average Bonchev–Trinajstić information content (AvgIpc) is 2.92. The van der Waals surface area contributed by atoms with Gasteiger partial charge in [-0.25, -0.2) is 0 Å². The summed E-state index contributed by atoms with van der Waals surface area (Å²) in [5.74, 6) is 1.06. The molecule has 1 rings (SSSR count). The Balaban J connectivity index is 1.79. The highest BCUT2D eigenvalue weighted by atomic mass is 16.2. The third-order valence-corrected chi connectivity index (χ3v) is 2.77. The van der Waals surface area contributed by atoms with E-state index in [1.54, 1.807) is 0 Å². The van der Waals surface area contributed by atoms with Crippen molar-refractivity contribution in [2.75, 3.05) is 13.2 Å². The average molecular weight is 185 g/mol. The Morgan fingerprint density at radius 3 is 2.77 bits per heavy atom. The molecule has 0 bridgehead atoms. The van der Waals surface area contributed by atoms with Crippen LogP contribution >= 0.6 is 0 Å². The van der Waals surface area contributed by atoms with Gasteiger partial charge in [-0.15, -0.1) is 0 Å². The van der Waals surface area contributed by atoms with Gasteiger partial charge in [-0.1, -0.05) is 12.8 Å². The zero-order valence-corrected chi connectivity index (χ0v) is 8.76. The van der Waals surface area contributed by atoms with Gasteiger partial charge in [0.2, 0.25) is 0 Å². The van der Waals surface area contributed by atoms with Crippen LogP contribution in [0.25, 0.3) is 0 Å². The fourth-order valence-electron chi connectivity index (χ4n) is 1.65. The van der Waals surface area contributed by atoms with Crippen LogP contribution in [0.5, 0.6) is 0 Å². The first-order chi connectivity index (χ1) is 6.33. The van der Waals surface area contributed by atoms with E-state index >= 15 is 0 Å². The maximum absolute atomic E-state index is 8.64. The molecular formula is C11H23NO. The van der Waals surface area contributed by atoms with Gasteiger partial charge in [0.15, 0.2) is 0 Å². The first kappa shape index (κ1) is 11.0. The van der Waals surface area contributed by atoms with Crippen molar-refractivity contribution in [1.82, 2.24) is 5.32 Å². The first-order valence-electron chi connectivity index (χ1n) is 5.67. The Bertz CT molecular complexity index is 123.